The second-order valence-corrected chi connectivity index (χ2v) is 6.78. The molecule has 0 N–H and O–H groups in total. The van der Waals surface area contributed by atoms with Crippen molar-refractivity contribution in [2.45, 2.75) is 6.92 Å². The lowest BCUT2D eigenvalue weighted by Crippen LogP contribution is -2.48. The Hall–Kier alpha value is -2.47. The molecule has 1 heterocycles. The van der Waals surface area contributed by atoms with Crippen molar-refractivity contribution >= 4 is 29.3 Å². The van der Waals surface area contributed by atoms with Crippen molar-refractivity contribution in [3.05, 3.63) is 70.0 Å². The minimum absolute atomic E-state index is 0.171. The van der Waals surface area contributed by atoms with Gasteiger partial charge in [0.05, 0.1) is 0 Å². The molecule has 0 atom stereocenters. The molecule has 1 aliphatic rings. The number of nitrogens with zero attached hydrogens (tertiary/aromatic N) is 2. The highest BCUT2D eigenvalue weighted by molar-refractivity contribution is 6.30. The van der Waals surface area contributed by atoms with Gasteiger partial charge in [0.15, 0.2) is 17.5 Å². The summed E-state index contributed by atoms with van der Waals surface area (Å²) in [5, 5.41) is 0.658. The zero-order valence-electron chi connectivity index (χ0n) is 14.7. The number of piperazine rings is 1. The molecular formula is C20H18ClF3N2O. The van der Waals surface area contributed by atoms with Gasteiger partial charge in [-0.3, -0.25) is 4.79 Å². The molecule has 0 aromatic heterocycles. The van der Waals surface area contributed by atoms with Crippen molar-refractivity contribution < 1.29 is 18.0 Å². The van der Waals surface area contributed by atoms with Crippen LogP contribution in [-0.4, -0.2) is 37.0 Å². The van der Waals surface area contributed by atoms with Gasteiger partial charge in [0, 0.05) is 48.5 Å². The number of halogens is 4. The average Bonchev–Trinajstić information content (AvgIpc) is 2.67. The van der Waals surface area contributed by atoms with E-state index in [2.05, 4.69) is 4.90 Å². The van der Waals surface area contributed by atoms with Crippen LogP contribution in [0.5, 0.6) is 0 Å². The number of benzene rings is 2. The zero-order valence-corrected chi connectivity index (χ0v) is 15.4. The maximum absolute atomic E-state index is 13.7. The highest BCUT2D eigenvalue weighted by atomic mass is 35.5. The molecule has 7 heteroatoms. The van der Waals surface area contributed by atoms with Gasteiger partial charge in [-0.15, -0.1) is 0 Å². The minimum Gasteiger partial charge on any atom is -0.368 e. The molecule has 0 spiro atoms. The van der Waals surface area contributed by atoms with Crippen molar-refractivity contribution in [3.8, 4) is 0 Å². The summed E-state index contributed by atoms with van der Waals surface area (Å²) in [4.78, 5) is 16.1. The van der Waals surface area contributed by atoms with Crippen molar-refractivity contribution in [3.63, 3.8) is 0 Å². The Balaban J connectivity index is 1.63. The SMILES string of the molecule is Cc1ccc(Cl)cc1N1CCN(C(=O)/C=C\c2ccc(F)c(F)c2F)CC1. The molecule has 1 fully saturated rings. The molecule has 0 saturated carbocycles. The number of hydrogen-bond acceptors (Lipinski definition) is 2. The Labute approximate surface area is 160 Å². The molecular weight excluding hydrogens is 377 g/mol. The number of anilines is 1. The van der Waals surface area contributed by atoms with Crippen LogP contribution in [-0.2, 0) is 4.79 Å². The van der Waals surface area contributed by atoms with Crippen LogP contribution in [0.15, 0.2) is 36.4 Å². The molecule has 1 amide bonds. The number of rotatable bonds is 3. The Morgan fingerprint density at radius 2 is 1.74 bits per heavy atom. The molecule has 1 saturated heterocycles. The summed E-state index contributed by atoms with van der Waals surface area (Å²) in [6.07, 6.45) is 2.34. The van der Waals surface area contributed by atoms with Crippen LogP contribution < -0.4 is 4.90 Å². The van der Waals surface area contributed by atoms with Gasteiger partial charge in [-0.1, -0.05) is 17.7 Å². The molecule has 0 radical (unpaired) electrons. The van der Waals surface area contributed by atoms with E-state index in [1.54, 1.807) is 4.90 Å². The van der Waals surface area contributed by atoms with Crippen LogP contribution >= 0.6 is 11.6 Å². The zero-order chi connectivity index (χ0) is 19.6. The normalized spacial score (nSPS) is 14.9. The predicted molar refractivity (Wildman–Crippen MR) is 100 cm³/mol. The van der Waals surface area contributed by atoms with Crippen LogP contribution in [0.3, 0.4) is 0 Å². The standard InChI is InChI=1S/C20H18ClF3N2O/c1-13-2-5-15(21)12-17(13)25-8-10-26(11-9-25)18(27)7-4-14-3-6-16(22)20(24)19(14)23/h2-7,12H,8-11H2,1H3/b7-4-. The van der Waals surface area contributed by atoms with Gasteiger partial charge in [0.25, 0.3) is 0 Å². The molecule has 0 unspecified atom stereocenters. The van der Waals surface area contributed by atoms with Gasteiger partial charge in [-0.2, -0.15) is 0 Å². The first-order chi connectivity index (χ1) is 12.9. The first kappa shape index (κ1) is 19.3. The fourth-order valence-corrected chi connectivity index (χ4v) is 3.19. The number of amides is 1. The summed E-state index contributed by atoms with van der Waals surface area (Å²) >= 11 is 6.07. The van der Waals surface area contributed by atoms with Gasteiger partial charge in [-0.05, 0) is 42.8 Å². The van der Waals surface area contributed by atoms with Crippen LogP contribution in [0.1, 0.15) is 11.1 Å². The fraction of sp³-hybridized carbons (Fsp3) is 0.250. The second-order valence-electron chi connectivity index (χ2n) is 6.34. The van der Waals surface area contributed by atoms with E-state index in [0.29, 0.717) is 31.2 Å². The number of carbonyl (C=O) groups excluding carboxylic acids is 1. The summed E-state index contributed by atoms with van der Waals surface area (Å²) in [6, 6.07) is 7.61. The highest BCUT2D eigenvalue weighted by Gasteiger charge is 2.21. The summed E-state index contributed by atoms with van der Waals surface area (Å²) in [5.41, 5.74) is 1.97. The largest absolute Gasteiger partial charge is 0.368 e. The van der Waals surface area contributed by atoms with E-state index in [9.17, 15) is 18.0 Å². The topological polar surface area (TPSA) is 23.6 Å². The molecule has 0 bridgehead atoms. The van der Waals surface area contributed by atoms with Gasteiger partial charge in [-0.25, -0.2) is 13.2 Å². The first-order valence-electron chi connectivity index (χ1n) is 8.48. The second kappa shape index (κ2) is 8.05. The van der Waals surface area contributed by atoms with Gasteiger partial charge in [0.2, 0.25) is 5.91 Å². The third-order valence-electron chi connectivity index (χ3n) is 4.57. The van der Waals surface area contributed by atoms with Crippen LogP contribution in [0.2, 0.25) is 5.02 Å². The molecule has 2 aromatic carbocycles. The lowest BCUT2D eigenvalue weighted by Gasteiger charge is -2.36. The van der Waals surface area contributed by atoms with Crippen molar-refractivity contribution in [2.75, 3.05) is 31.1 Å². The quantitative estimate of drug-likeness (QED) is 0.568. The summed E-state index contributed by atoms with van der Waals surface area (Å²) in [6.45, 7) is 4.27. The van der Waals surface area contributed by atoms with Crippen LogP contribution in [0, 0.1) is 24.4 Å². The van der Waals surface area contributed by atoms with E-state index >= 15 is 0 Å². The van der Waals surface area contributed by atoms with Crippen LogP contribution in [0.4, 0.5) is 18.9 Å². The average molecular weight is 395 g/mol. The maximum atomic E-state index is 13.7. The van der Waals surface area contributed by atoms with E-state index in [4.69, 9.17) is 11.6 Å². The molecule has 27 heavy (non-hydrogen) atoms. The minimum atomic E-state index is -1.55. The third kappa shape index (κ3) is 4.27. The Morgan fingerprint density at radius 1 is 1.04 bits per heavy atom. The maximum Gasteiger partial charge on any atom is 0.246 e. The van der Waals surface area contributed by atoms with E-state index in [-0.39, 0.29) is 11.5 Å². The molecule has 142 valence electrons. The van der Waals surface area contributed by atoms with E-state index in [0.717, 1.165) is 29.5 Å². The molecule has 2 aromatic rings. The van der Waals surface area contributed by atoms with Crippen molar-refractivity contribution in [2.24, 2.45) is 0 Å². The Bertz CT molecular complexity index is 893. The summed E-state index contributed by atoms with van der Waals surface area (Å²) in [5.74, 6) is -4.42. The van der Waals surface area contributed by atoms with E-state index < -0.39 is 17.5 Å². The van der Waals surface area contributed by atoms with E-state index in [1.807, 2.05) is 25.1 Å². The monoisotopic (exact) mass is 394 g/mol. The lowest BCUT2D eigenvalue weighted by molar-refractivity contribution is -0.126. The van der Waals surface area contributed by atoms with Crippen LogP contribution in [0.25, 0.3) is 6.08 Å². The number of aryl methyl sites for hydroxylation is 1. The third-order valence-corrected chi connectivity index (χ3v) is 4.81. The van der Waals surface area contributed by atoms with Crippen molar-refractivity contribution in [1.82, 2.24) is 4.90 Å². The lowest BCUT2D eigenvalue weighted by atomic mass is 10.1. The summed E-state index contributed by atoms with van der Waals surface area (Å²) < 4.78 is 39.8. The van der Waals surface area contributed by atoms with Gasteiger partial charge < -0.3 is 9.80 Å². The number of hydrogen-bond donors (Lipinski definition) is 0. The Kier molecular flexibility index (Phi) is 5.75. The van der Waals surface area contributed by atoms with Crippen molar-refractivity contribution in [1.29, 1.82) is 0 Å². The first-order valence-corrected chi connectivity index (χ1v) is 8.86. The molecule has 3 nitrogen and oxygen atoms in total. The number of carbonyl (C=O) groups is 1. The fourth-order valence-electron chi connectivity index (χ4n) is 3.03. The van der Waals surface area contributed by atoms with Gasteiger partial charge in [0.1, 0.15) is 0 Å². The predicted octanol–water partition coefficient (Wildman–Crippen LogP) is 4.43. The highest BCUT2D eigenvalue weighted by Crippen LogP contribution is 2.25. The Morgan fingerprint density at radius 3 is 2.44 bits per heavy atom. The molecule has 0 aliphatic carbocycles. The smallest absolute Gasteiger partial charge is 0.246 e. The molecule has 3 rings (SSSR count). The molecule has 1 aliphatic heterocycles. The van der Waals surface area contributed by atoms with E-state index in [1.165, 1.54) is 6.08 Å². The summed E-state index contributed by atoms with van der Waals surface area (Å²) in [7, 11) is 0. The van der Waals surface area contributed by atoms with Gasteiger partial charge >= 0.3 is 0 Å².